The van der Waals surface area contributed by atoms with Crippen molar-refractivity contribution in [2.75, 3.05) is 0 Å². The third kappa shape index (κ3) is 3.59. The van der Waals surface area contributed by atoms with E-state index in [2.05, 4.69) is 0 Å². The van der Waals surface area contributed by atoms with Crippen LogP contribution in [0.25, 0.3) is 98.6 Å². The summed E-state index contributed by atoms with van der Waals surface area (Å²) in [6, 6.07) is 8.00. The first-order valence-electron chi connectivity index (χ1n) is 21.9. The Kier molecular flexibility index (Phi) is 3.11. The lowest BCUT2D eigenvalue weighted by Gasteiger charge is -2.18. The minimum Gasteiger partial charge on any atom is -0.463 e. The lowest BCUT2D eigenvalue weighted by molar-refractivity contribution is 0.619. The molecule has 10 aromatic rings. The molecule has 0 atom stereocenters. The molecule has 2 nitrogen and oxygen atoms in total. The second kappa shape index (κ2) is 9.69. The van der Waals surface area contributed by atoms with Crippen LogP contribution in [0.15, 0.2) is 166 Å². The maximum absolute atomic E-state index is 9.36. The quantitative estimate of drug-likeness (QED) is 0.188. The molecule has 0 aliphatic heterocycles. The monoisotopic (exact) mass is 601 g/mol. The summed E-state index contributed by atoms with van der Waals surface area (Å²) in [6.07, 6.45) is 1.67. The van der Waals surface area contributed by atoms with Crippen molar-refractivity contribution in [3.63, 3.8) is 0 Å². The Labute approximate surface area is 285 Å². The fraction of sp³-hybridized carbons (Fsp3) is 0. The molecular formula is C44H26O2. The third-order valence-electron chi connectivity index (χ3n) is 8.49. The molecule has 0 aliphatic carbocycles. The summed E-state index contributed by atoms with van der Waals surface area (Å²) in [4.78, 5) is 0. The predicted molar refractivity (Wildman–Crippen MR) is 192 cm³/mol. The van der Waals surface area contributed by atoms with Crippen molar-refractivity contribution >= 4 is 65.2 Å². The van der Waals surface area contributed by atoms with Crippen LogP contribution in [-0.4, -0.2) is 0 Å². The lowest BCUT2D eigenvalue weighted by atomic mass is 9.84. The van der Waals surface area contributed by atoms with Crippen LogP contribution in [0.5, 0.6) is 0 Å². The van der Waals surface area contributed by atoms with E-state index in [9.17, 15) is 6.85 Å². The van der Waals surface area contributed by atoms with Gasteiger partial charge in [0.25, 0.3) is 0 Å². The van der Waals surface area contributed by atoms with Gasteiger partial charge in [0.15, 0.2) is 0 Å². The van der Waals surface area contributed by atoms with E-state index in [1.165, 1.54) is 0 Å². The number of furan rings is 2. The van der Waals surface area contributed by atoms with E-state index in [0.29, 0.717) is 27.5 Å². The highest BCUT2D eigenvalue weighted by Crippen LogP contribution is 2.46. The van der Waals surface area contributed by atoms with Crippen molar-refractivity contribution in [2.45, 2.75) is 0 Å². The van der Waals surface area contributed by atoms with Gasteiger partial charge in [0.1, 0.15) is 16.7 Å². The average molecular weight is 602 g/mol. The number of rotatable bonds is 3. The van der Waals surface area contributed by atoms with Gasteiger partial charge in [0.2, 0.25) is 0 Å². The minimum atomic E-state index is -0.767. The molecule has 8 aromatic carbocycles. The Morgan fingerprint density at radius 1 is 0.457 bits per heavy atom. The first kappa shape index (κ1) is 14.8. The zero-order valence-corrected chi connectivity index (χ0v) is 23.7. The molecular weight excluding hydrogens is 560 g/mol. The maximum atomic E-state index is 9.36. The average Bonchev–Trinajstić information content (AvgIpc) is 3.87. The molecule has 0 fully saturated rings. The van der Waals surface area contributed by atoms with Gasteiger partial charge in [0, 0.05) is 16.3 Å². The highest BCUT2D eigenvalue weighted by Gasteiger charge is 2.20. The Hall–Kier alpha value is -6.12. The maximum Gasteiger partial charge on any atom is 0.146 e. The number of fused-ring (bicyclic) bond motifs is 8. The summed E-state index contributed by atoms with van der Waals surface area (Å²) in [7, 11) is 0. The second-order valence-electron chi connectivity index (χ2n) is 10.9. The van der Waals surface area contributed by atoms with Gasteiger partial charge in [-0.1, -0.05) is 127 Å². The first-order chi connectivity index (χ1) is 29.1. The second-order valence-corrected chi connectivity index (χ2v) is 10.9. The zero-order valence-electron chi connectivity index (χ0n) is 38.7. The Morgan fingerprint density at radius 3 is 1.87 bits per heavy atom. The minimum absolute atomic E-state index is 0.0226. The number of hydrogen-bond acceptors (Lipinski definition) is 2. The summed E-state index contributed by atoms with van der Waals surface area (Å²) in [5.41, 5.74) is 2.58. The Balaban J connectivity index is 1.41. The van der Waals surface area contributed by atoms with Crippen molar-refractivity contribution < 1.29 is 29.4 Å². The molecule has 2 aromatic heterocycles. The van der Waals surface area contributed by atoms with Gasteiger partial charge in [-0.05, 0) is 84.4 Å². The molecule has 0 aliphatic rings. The topological polar surface area (TPSA) is 26.3 Å². The zero-order chi connectivity index (χ0) is 43.2. The molecule has 0 radical (unpaired) electrons. The molecule has 2 heterocycles. The van der Waals surface area contributed by atoms with Gasteiger partial charge in [-0.25, -0.2) is 0 Å². The molecule has 214 valence electrons. The first-order valence-corrected chi connectivity index (χ1v) is 14.4. The smallest absolute Gasteiger partial charge is 0.146 e. The van der Waals surface area contributed by atoms with E-state index in [1.54, 1.807) is 24.5 Å². The van der Waals surface area contributed by atoms with Crippen LogP contribution in [0, 0.1) is 0 Å². The molecule has 0 saturated heterocycles. The fourth-order valence-corrected chi connectivity index (χ4v) is 6.51. The van der Waals surface area contributed by atoms with Crippen LogP contribution in [0.2, 0.25) is 0 Å². The summed E-state index contributed by atoms with van der Waals surface area (Å²) in [5, 5.41) is 0.187. The van der Waals surface area contributed by atoms with Gasteiger partial charge in [0.05, 0.1) is 32.2 Å². The number of hydrogen-bond donors (Lipinski definition) is 0. The van der Waals surface area contributed by atoms with Crippen molar-refractivity contribution in [1.29, 1.82) is 0 Å². The van der Waals surface area contributed by atoms with E-state index in [4.69, 9.17) is 22.5 Å². The van der Waals surface area contributed by atoms with Crippen LogP contribution in [0.1, 0.15) is 20.6 Å². The van der Waals surface area contributed by atoms with Gasteiger partial charge >= 0.3 is 0 Å². The molecule has 46 heavy (non-hydrogen) atoms. The van der Waals surface area contributed by atoms with Crippen LogP contribution < -0.4 is 0 Å². The largest absolute Gasteiger partial charge is 0.463 e. The molecule has 2 heteroatoms. The van der Waals surface area contributed by atoms with Crippen LogP contribution in [-0.2, 0) is 0 Å². The third-order valence-corrected chi connectivity index (χ3v) is 8.49. The molecule has 0 spiro atoms. The van der Waals surface area contributed by atoms with E-state index in [-0.39, 0.29) is 38.2 Å². The summed E-state index contributed by atoms with van der Waals surface area (Å²) in [5.74, 6) is 0. The standard InChI is InChI=1S/C44H26O2/c1-2-11-28(12-3-1)38-26-45-44-36(38)23-24-39-43(44)37-22-21-29(25-40(37)46-39)41-32-16-6-8-18-34(32)42(35-19-9-7-17-33(35)41)31-20-10-14-27-13-4-5-15-30(27)31/h1-26H/i4D,5D,6D,7D,8D,9D,10D,13D,14D,15D,16D,17D,18D,19D,20D. The Morgan fingerprint density at radius 2 is 1.11 bits per heavy atom. The lowest BCUT2D eigenvalue weighted by Crippen LogP contribution is -1.91. The van der Waals surface area contributed by atoms with Crippen molar-refractivity contribution in [2.24, 2.45) is 0 Å². The van der Waals surface area contributed by atoms with Crippen molar-refractivity contribution in [3.8, 4) is 33.4 Å². The van der Waals surface area contributed by atoms with E-state index >= 15 is 0 Å². The normalized spacial score (nSPS) is 16.5. The summed E-state index contributed by atoms with van der Waals surface area (Å²) >= 11 is 0. The highest BCUT2D eigenvalue weighted by molar-refractivity contribution is 6.24. The van der Waals surface area contributed by atoms with Gasteiger partial charge in [-0.15, -0.1) is 0 Å². The SMILES string of the molecule is [2H]c1c([2H])c([2H])c2c(-c3c4c([2H])c([2H])c([2H])c([2H])c4c(-c4ccc5c(c4)oc4ccc6c(-c7ccccc7)coc6c45)c4c([2H])c([2H])c([2H])c([2H])c34)c([2H])c([2H])c([2H])c2c1[2H]. The molecule has 10 rings (SSSR count). The number of benzene rings is 8. The molecule has 0 N–H and O–H groups in total. The Bertz CT molecular complexity index is 3560. The summed E-state index contributed by atoms with van der Waals surface area (Å²) in [6.45, 7) is 0. The van der Waals surface area contributed by atoms with E-state index in [1.807, 2.05) is 42.5 Å². The van der Waals surface area contributed by atoms with Crippen LogP contribution in [0.4, 0.5) is 0 Å². The van der Waals surface area contributed by atoms with E-state index in [0.717, 1.165) is 16.5 Å². The predicted octanol–water partition coefficient (Wildman–Crippen LogP) is 12.8. The van der Waals surface area contributed by atoms with Crippen molar-refractivity contribution in [1.82, 2.24) is 0 Å². The fourth-order valence-electron chi connectivity index (χ4n) is 6.51. The van der Waals surface area contributed by atoms with Crippen LogP contribution >= 0.6 is 0 Å². The van der Waals surface area contributed by atoms with Gasteiger partial charge in [-0.3, -0.25) is 0 Å². The summed E-state index contributed by atoms with van der Waals surface area (Å²) < 4.78 is 147. The molecule has 0 bridgehead atoms. The van der Waals surface area contributed by atoms with Gasteiger partial charge < -0.3 is 8.83 Å². The van der Waals surface area contributed by atoms with Gasteiger partial charge in [-0.2, -0.15) is 0 Å². The highest BCUT2D eigenvalue weighted by atomic mass is 16.3. The molecule has 0 amide bonds. The molecule has 0 unspecified atom stereocenters. The van der Waals surface area contributed by atoms with Crippen LogP contribution in [0.3, 0.4) is 0 Å². The van der Waals surface area contributed by atoms with E-state index < -0.39 is 107 Å². The van der Waals surface area contributed by atoms with Crippen molar-refractivity contribution in [3.05, 3.63) is 158 Å². The molecule has 0 saturated carbocycles.